The Morgan fingerprint density at radius 3 is 2.32 bits per heavy atom. The monoisotopic (exact) mass is 370 g/mol. The third-order valence-electron chi connectivity index (χ3n) is 3.29. The lowest BCUT2D eigenvalue weighted by atomic mass is 10.2. The predicted octanol–water partition coefficient (Wildman–Crippen LogP) is 4.35. The number of anilines is 2. The standard InChI is InChI=1S/C17H14ClF3N2O2/c1-11(24)23(15-7-5-13(18)6-8-15)10-16(25)22-14-4-2-3-12(9-14)17(19,20)21/h2-9H,10H2,1H3,(H,22,25). The molecule has 0 heterocycles. The van der Waals surface area contributed by atoms with E-state index in [-0.39, 0.29) is 18.1 Å². The van der Waals surface area contributed by atoms with E-state index in [1.54, 1.807) is 24.3 Å². The Balaban J connectivity index is 2.12. The summed E-state index contributed by atoms with van der Waals surface area (Å²) in [6.07, 6.45) is -4.50. The van der Waals surface area contributed by atoms with E-state index in [0.29, 0.717) is 10.7 Å². The molecule has 0 atom stereocenters. The molecular weight excluding hydrogens is 357 g/mol. The second kappa shape index (κ2) is 7.57. The minimum Gasteiger partial charge on any atom is -0.325 e. The van der Waals surface area contributed by atoms with Crippen LogP contribution in [0.25, 0.3) is 0 Å². The third-order valence-corrected chi connectivity index (χ3v) is 3.55. The quantitative estimate of drug-likeness (QED) is 0.869. The van der Waals surface area contributed by atoms with E-state index in [0.717, 1.165) is 12.1 Å². The van der Waals surface area contributed by atoms with E-state index >= 15 is 0 Å². The van der Waals surface area contributed by atoms with Crippen molar-refractivity contribution in [1.29, 1.82) is 0 Å². The van der Waals surface area contributed by atoms with Crippen molar-refractivity contribution in [2.75, 3.05) is 16.8 Å². The number of nitrogens with one attached hydrogen (secondary N) is 1. The highest BCUT2D eigenvalue weighted by atomic mass is 35.5. The normalized spacial score (nSPS) is 11.1. The third kappa shape index (κ3) is 5.22. The van der Waals surface area contributed by atoms with Gasteiger partial charge in [-0.3, -0.25) is 9.59 Å². The number of carbonyl (C=O) groups excluding carboxylic acids is 2. The Kier molecular flexibility index (Phi) is 5.69. The molecule has 0 saturated heterocycles. The summed E-state index contributed by atoms with van der Waals surface area (Å²) in [5.74, 6) is -1.01. The molecule has 0 aliphatic heterocycles. The van der Waals surface area contributed by atoms with Crippen molar-refractivity contribution < 1.29 is 22.8 Å². The van der Waals surface area contributed by atoms with Crippen molar-refractivity contribution in [1.82, 2.24) is 0 Å². The van der Waals surface area contributed by atoms with Gasteiger partial charge in [-0.25, -0.2) is 0 Å². The Morgan fingerprint density at radius 2 is 1.76 bits per heavy atom. The van der Waals surface area contributed by atoms with Gasteiger partial charge in [-0.05, 0) is 42.5 Å². The molecule has 1 N–H and O–H groups in total. The highest BCUT2D eigenvalue weighted by Gasteiger charge is 2.30. The lowest BCUT2D eigenvalue weighted by molar-refractivity contribution is -0.137. The number of nitrogens with zero attached hydrogens (tertiary/aromatic N) is 1. The van der Waals surface area contributed by atoms with Crippen molar-refractivity contribution >= 4 is 34.8 Å². The molecule has 25 heavy (non-hydrogen) atoms. The average molecular weight is 371 g/mol. The summed E-state index contributed by atoms with van der Waals surface area (Å²) in [4.78, 5) is 25.1. The van der Waals surface area contributed by atoms with Crippen LogP contribution in [0, 0.1) is 0 Å². The van der Waals surface area contributed by atoms with Crippen LogP contribution in [0.15, 0.2) is 48.5 Å². The zero-order valence-corrected chi connectivity index (χ0v) is 13.9. The van der Waals surface area contributed by atoms with Crippen LogP contribution < -0.4 is 10.2 Å². The second-order valence-corrected chi connectivity index (χ2v) is 5.64. The molecule has 132 valence electrons. The van der Waals surface area contributed by atoms with Gasteiger partial charge in [0.25, 0.3) is 0 Å². The first-order valence-corrected chi connectivity index (χ1v) is 7.55. The first-order valence-electron chi connectivity index (χ1n) is 7.17. The molecule has 8 heteroatoms. The molecule has 0 radical (unpaired) electrons. The number of hydrogen-bond acceptors (Lipinski definition) is 2. The van der Waals surface area contributed by atoms with E-state index in [9.17, 15) is 22.8 Å². The summed E-state index contributed by atoms with van der Waals surface area (Å²) < 4.78 is 38.1. The fraction of sp³-hybridized carbons (Fsp3) is 0.176. The SMILES string of the molecule is CC(=O)N(CC(=O)Nc1cccc(C(F)(F)F)c1)c1ccc(Cl)cc1. The summed E-state index contributed by atoms with van der Waals surface area (Å²) in [7, 11) is 0. The van der Waals surface area contributed by atoms with Gasteiger partial charge in [-0.1, -0.05) is 17.7 Å². The summed E-state index contributed by atoms with van der Waals surface area (Å²) in [6.45, 7) is 0.944. The molecule has 0 unspecified atom stereocenters. The fourth-order valence-electron chi connectivity index (χ4n) is 2.12. The Morgan fingerprint density at radius 1 is 1.12 bits per heavy atom. The minimum absolute atomic E-state index is 0.000525. The molecular formula is C17H14ClF3N2O2. The topological polar surface area (TPSA) is 49.4 Å². The number of carbonyl (C=O) groups is 2. The van der Waals surface area contributed by atoms with Crippen molar-refractivity contribution in [3.05, 3.63) is 59.1 Å². The van der Waals surface area contributed by atoms with E-state index in [1.165, 1.54) is 24.0 Å². The van der Waals surface area contributed by atoms with E-state index in [1.807, 2.05) is 0 Å². The van der Waals surface area contributed by atoms with Gasteiger partial charge in [-0.2, -0.15) is 13.2 Å². The van der Waals surface area contributed by atoms with Gasteiger partial charge < -0.3 is 10.2 Å². The van der Waals surface area contributed by atoms with Crippen LogP contribution in [0.2, 0.25) is 5.02 Å². The molecule has 0 bridgehead atoms. The fourth-order valence-corrected chi connectivity index (χ4v) is 2.25. The molecule has 0 aliphatic carbocycles. The largest absolute Gasteiger partial charge is 0.416 e. The molecule has 2 rings (SSSR count). The van der Waals surface area contributed by atoms with Crippen LogP contribution in [-0.4, -0.2) is 18.4 Å². The first kappa shape index (κ1) is 18.8. The minimum atomic E-state index is -4.50. The molecule has 0 aromatic heterocycles. The van der Waals surface area contributed by atoms with E-state index in [2.05, 4.69) is 5.32 Å². The van der Waals surface area contributed by atoms with Crippen molar-refractivity contribution in [3.63, 3.8) is 0 Å². The lowest BCUT2D eigenvalue weighted by Crippen LogP contribution is -2.36. The van der Waals surface area contributed by atoms with Crippen LogP contribution in [0.3, 0.4) is 0 Å². The average Bonchev–Trinajstić information content (AvgIpc) is 2.53. The number of benzene rings is 2. The van der Waals surface area contributed by atoms with Crippen LogP contribution in [0.1, 0.15) is 12.5 Å². The number of alkyl halides is 3. The van der Waals surface area contributed by atoms with Gasteiger partial charge in [0.05, 0.1) is 5.56 Å². The second-order valence-electron chi connectivity index (χ2n) is 5.21. The number of halogens is 4. The van der Waals surface area contributed by atoms with Gasteiger partial charge in [0, 0.05) is 23.3 Å². The molecule has 0 spiro atoms. The number of amides is 2. The molecule has 2 aromatic carbocycles. The Labute approximate surface area is 147 Å². The Hall–Kier alpha value is -2.54. The Bertz CT molecular complexity index is 776. The summed E-state index contributed by atoms with van der Waals surface area (Å²) in [6, 6.07) is 10.6. The van der Waals surface area contributed by atoms with Gasteiger partial charge in [-0.15, -0.1) is 0 Å². The van der Waals surface area contributed by atoms with Crippen molar-refractivity contribution in [2.45, 2.75) is 13.1 Å². The van der Waals surface area contributed by atoms with E-state index in [4.69, 9.17) is 11.6 Å². The maximum Gasteiger partial charge on any atom is 0.416 e. The number of hydrogen-bond donors (Lipinski definition) is 1. The summed E-state index contributed by atoms with van der Waals surface area (Å²) in [5.41, 5.74) is -0.415. The highest BCUT2D eigenvalue weighted by Crippen LogP contribution is 2.30. The van der Waals surface area contributed by atoms with Crippen LogP contribution in [0.4, 0.5) is 24.5 Å². The maximum absolute atomic E-state index is 12.7. The van der Waals surface area contributed by atoms with Crippen LogP contribution in [0.5, 0.6) is 0 Å². The zero-order chi connectivity index (χ0) is 18.6. The molecule has 2 aromatic rings. The maximum atomic E-state index is 12.7. The van der Waals surface area contributed by atoms with Crippen molar-refractivity contribution in [2.24, 2.45) is 0 Å². The summed E-state index contributed by atoms with van der Waals surface area (Å²) >= 11 is 5.79. The summed E-state index contributed by atoms with van der Waals surface area (Å²) in [5, 5.41) is 2.83. The molecule has 2 amide bonds. The highest BCUT2D eigenvalue weighted by molar-refractivity contribution is 6.30. The first-order chi connectivity index (χ1) is 11.7. The van der Waals surface area contributed by atoms with Gasteiger partial charge >= 0.3 is 6.18 Å². The number of rotatable bonds is 4. The predicted molar refractivity (Wildman–Crippen MR) is 89.6 cm³/mol. The lowest BCUT2D eigenvalue weighted by Gasteiger charge is -2.21. The van der Waals surface area contributed by atoms with Crippen LogP contribution in [-0.2, 0) is 15.8 Å². The molecule has 0 fully saturated rings. The van der Waals surface area contributed by atoms with E-state index < -0.39 is 17.6 Å². The van der Waals surface area contributed by atoms with Gasteiger partial charge in [0.2, 0.25) is 11.8 Å². The van der Waals surface area contributed by atoms with Gasteiger partial charge in [0.15, 0.2) is 0 Å². The molecule has 0 saturated carbocycles. The smallest absolute Gasteiger partial charge is 0.325 e. The van der Waals surface area contributed by atoms with Gasteiger partial charge in [0.1, 0.15) is 6.54 Å². The zero-order valence-electron chi connectivity index (χ0n) is 13.1. The van der Waals surface area contributed by atoms with Crippen molar-refractivity contribution in [3.8, 4) is 0 Å². The van der Waals surface area contributed by atoms with Crippen LogP contribution >= 0.6 is 11.6 Å². The molecule has 4 nitrogen and oxygen atoms in total. The molecule has 0 aliphatic rings.